The highest BCUT2D eigenvalue weighted by Gasteiger charge is 2.21. The van der Waals surface area contributed by atoms with E-state index in [1.807, 2.05) is 79.9 Å². The highest BCUT2D eigenvalue weighted by Crippen LogP contribution is 2.40. The smallest absolute Gasteiger partial charge is 0.276 e. The van der Waals surface area contributed by atoms with Crippen LogP contribution in [-0.4, -0.2) is 27.9 Å². The van der Waals surface area contributed by atoms with Gasteiger partial charge in [-0.1, -0.05) is 54.2 Å². The van der Waals surface area contributed by atoms with Gasteiger partial charge in [-0.2, -0.15) is 0 Å². The lowest BCUT2D eigenvalue weighted by atomic mass is 10.00. The van der Waals surface area contributed by atoms with Gasteiger partial charge in [0.15, 0.2) is 5.16 Å². The van der Waals surface area contributed by atoms with Crippen molar-refractivity contribution in [2.75, 3.05) is 13.4 Å². The minimum atomic E-state index is -0.0760. The number of nitrogens with zero attached hydrogens (tertiary/aromatic N) is 3. The first-order chi connectivity index (χ1) is 18.1. The summed E-state index contributed by atoms with van der Waals surface area (Å²) >= 11 is 2.87. The van der Waals surface area contributed by atoms with Crippen LogP contribution in [-0.2, 0) is 0 Å². The predicted octanol–water partition coefficient (Wildman–Crippen LogP) is 7.37. The van der Waals surface area contributed by atoms with Gasteiger partial charge in [0.05, 0.1) is 24.0 Å². The first kappa shape index (κ1) is 23.5. The molecule has 182 valence electrons. The number of hydrogen-bond acceptors (Lipinski definition) is 6. The molecule has 0 radical (unpaired) electrons. The SMILES string of the molecule is COc1ccc(-c2cc(-c3ccccc3)c3c(n2)sc2c(=O)n(-c4cccc(C)c4)c(SC)nc23)cc1. The molecule has 5 nitrogen and oxygen atoms in total. The van der Waals surface area contributed by atoms with E-state index in [0.29, 0.717) is 15.4 Å². The van der Waals surface area contributed by atoms with Crippen molar-refractivity contribution < 1.29 is 4.74 Å². The molecule has 0 amide bonds. The molecule has 0 fully saturated rings. The molecule has 0 aliphatic carbocycles. The van der Waals surface area contributed by atoms with Gasteiger partial charge in [-0.05, 0) is 72.3 Å². The summed E-state index contributed by atoms with van der Waals surface area (Å²) in [6, 6.07) is 28.1. The maximum absolute atomic E-state index is 13.9. The third-order valence-electron chi connectivity index (χ3n) is 6.35. The quantitative estimate of drug-likeness (QED) is 0.175. The minimum absolute atomic E-state index is 0.0760. The van der Waals surface area contributed by atoms with Crippen molar-refractivity contribution in [2.24, 2.45) is 0 Å². The highest BCUT2D eigenvalue weighted by atomic mass is 32.2. The molecular weight excluding hydrogens is 498 g/mol. The molecule has 7 heteroatoms. The third-order valence-corrected chi connectivity index (χ3v) is 8.05. The molecule has 0 aliphatic heterocycles. The third kappa shape index (κ3) is 4.10. The van der Waals surface area contributed by atoms with Crippen LogP contribution < -0.4 is 10.3 Å². The van der Waals surface area contributed by atoms with Gasteiger partial charge in [0.2, 0.25) is 0 Å². The van der Waals surface area contributed by atoms with Crippen LogP contribution in [0.3, 0.4) is 0 Å². The standard InChI is InChI=1S/C30H23N3O2S2/c1-18-8-7-11-21(16-18)33-29(34)27-26(32-30(33)36-3)25-23(19-9-5-4-6-10-19)17-24(31-28(25)37-27)20-12-14-22(35-2)15-13-20/h4-17H,1-3H3. The van der Waals surface area contributed by atoms with Gasteiger partial charge in [0.25, 0.3) is 5.56 Å². The summed E-state index contributed by atoms with van der Waals surface area (Å²) in [6.07, 6.45) is 1.95. The van der Waals surface area contributed by atoms with E-state index in [1.54, 1.807) is 11.7 Å². The zero-order valence-corrected chi connectivity index (χ0v) is 22.2. The molecular formula is C30H23N3O2S2. The average Bonchev–Trinajstić information content (AvgIpc) is 3.32. The second kappa shape index (κ2) is 9.50. The Balaban J connectivity index is 1.69. The van der Waals surface area contributed by atoms with Crippen LogP contribution in [0.5, 0.6) is 5.75 Å². The summed E-state index contributed by atoms with van der Waals surface area (Å²) in [5, 5.41) is 1.56. The highest BCUT2D eigenvalue weighted by molar-refractivity contribution is 7.98. The van der Waals surface area contributed by atoms with Crippen LogP contribution in [0.4, 0.5) is 0 Å². The minimum Gasteiger partial charge on any atom is -0.497 e. The average molecular weight is 522 g/mol. The number of thiophene rings is 1. The second-order valence-corrected chi connectivity index (χ2v) is 10.5. The molecule has 0 saturated carbocycles. The van der Waals surface area contributed by atoms with Crippen molar-refractivity contribution in [3.8, 4) is 33.8 Å². The summed E-state index contributed by atoms with van der Waals surface area (Å²) in [5.41, 5.74) is 6.41. The van der Waals surface area contributed by atoms with Crippen molar-refractivity contribution in [1.82, 2.24) is 14.5 Å². The van der Waals surface area contributed by atoms with Gasteiger partial charge in [0.1, 0.15) is 15.3 Å². The predicted molar refractivity (Wildman–Crippen MR) is 154 cm³/mol. The first-order valence-corrected chi connectivity index (χ1v) is 13.8. The van der Waals surface area contributed by atoms with E-state index in [9.17, 15) is 4.79 Å². The molecule has 6 aromatic rings. The molecule has 0 spiro atoms. The van der Waals surface area contributed by atoms with Crippen LogP contribution in [0.15, 0.2) is 94.9 Å². The van der Waals surface area contributed by atoms with E-state index in [2.05, 4.69) is 18.2 Å². The summed E-state index contributed by atoms with van der Waals surface area (Å²) < 4.78 is 7.65. The second-order valence-electron chi connectivity index (χ2n) is 8.69. The van der Waals surface area contributed by atoms with E-state index in [-0.39, 0.29) is 5.56 Å². The van der Waals surface area contributed by atoms with Gasteiger partial charge in [-0.3, -0.25) is 9.36 Å². The molecule has 0 unspecified atom stereocenters. The Morgan fingerprint density at radius 1 is 0.892 bits per heavy atom. The zero-order chi connectivity index (χ0) is 25.5. The number of thioether (sulfide) groups is 1. The number of aryl methyl sites for hydroxylation is 1. The van der Waals surface area contributed by atoms with Crippen molar-refractivity contribution in [3.63, 3.8) is 0 Å². The van der Waals surface area contributed by atoms with E-state index >= 15 is 0 Å². The zero-order valence-electron chi connectivity index (χ0n) is 20.6. The first-order valence-electron chi connectivity index (χ1n) is 11.8. The maximum Gasteiger partial charge on any atom is 0.276 e. The molecule has 0 aliphatic rings. The lowest BCUT2D eigenvalue weighted by Crippen LogP contribution is -2.20. The topological polar surface area (TPSA) is 57.0 Å². The largest absolute Gasteiger partial charge is 0.497 e. The number of aromatic nitrogens is 3. The van der Waals surface area contributed by atoms with Gasteiger partial charge in [-0.15, -0.1) is 11.3 Å². The van der Waals surface area contributed by atoms with Gasteiger partial charge >= 0.3 is 0 Å². The van der Waals surface area contributed by atoms with E-state index in [4.69, 9.17) is 14.7 Å². The Kier molecular flexibility index (Phi) is 6.02. The normalized spacial score (nSPS) is 11.3. The summed E-state index contributed by atoms with van der Waals surface area (Å²) in [5.74, 6) is 0.792. The Hall–Kier alpha value is -3.94. The number of methoxy groups -OCH3 is 1. The van der Waals surface area contributed by atoms with Crippen LogP contribution in [0.1, 0.15) is 5.56 Å². The Morgan fingerprint density at radius 3 is 2.38 bits per heavy atom. The van der Waals surface area contributed by atoms with Crippen LogP contribution in [0.2, 0.25) is 0 Å². The molecule has 37 heavy (non-hydrogen) atoms. The molecule has 6 rings (SSSR count). The number of ether oxygens (including phenoxy) is 1. The van der Waals surface area contributed by atoms with Gasteiger partial charge in [-0.25, -0.2) is 9.97 Å². The van der Waals surface area contributed by atoms with Gasteiger partial charge < -0.3 is 4.74 Å². The fourth-order valence-electron chi connectivity index (χ4n) is 4.56. The summed E-state index contributed by atoms with van der Waals surface area (Å²) in [6.45, 7) is 2.02. The lowest BCUT2D eigenvalue weighted by Gasteiger charge is -2.12. The number of benzene rings is 3. The Labute approximate surface area is 222 Å². The molecule has 0 saturated heterocycles. The summed E-state index contributed by atoms with van der Waals surface area (Å²) in [4.78, 5) is 24.8. The van der Waals surface area contributed by atoms with Crippen LogP contribution in [0.25, 0.3) is 48.5 Å². The van der Waals surface area contributed by atoms with Gasteiger partial charge in [0, 0.05) is 10.9 Å². The van der Waals surface area contributed by atoms with E-state index < -0.39 is 0 Å². The molecule has 3 heterocycles. The van der Waals surface area contributed by atoms with Crippen molar-refractivity contribution in [3.05, 3.63) is 101 Å². The number of rotatable bonds is 5. The number of fused-ring (bicyclic) bond motifs is 3. The lowest BCUT2D eigenvalue weighted by molar-refractivity contribution is 0.415. The molecule has 0 bridgehead atoms. The Bertz CT molecular complexity index is 1820. The van der Waals surface area contributed by atoms with Crippen molar-refractivity contribution in [2.45, 2.75) is 12.1 Å². The fraction of sp³-hybridized carbons (Fsp3) is 0.100. The van der Waals surface area contributed by atoms with E-state index in [0.717, 1.165) is 49.6 Å². The molecule has 3 aromatic heterocycles. The monoisotopic (exact) mass is 521 g/mol. The summed E-state index contributed by atoms with van der Waals surface area (Å²) in [7, 11) is 1.66. The maximum atomic E-state index is 13.9. The molecule has 3 aromatic carbocycles. The van der Waals surface area contributed by atoms with Crippen molar-refractivity contribution in [1.29, 1.82) is 0 Å². The number of hydrogen-bond donors (Lipinski definition) is 0. The molecule has 0 N–H and O–H groups in total. The fourth-order valence-corrected chi connectivity index (χ4v) is 6.18. The van der Waals surface area contributed by atoms with E-state index in [1.165, 1.54) is 23.1 Å². The number of pyridine rings is 1. The Morgan fingerprint density at radius 2 is 1.68 bits per heavy atom. The van der Waals surface area contributed by atoms with Crippen molar-refractivity contribution >= 4 is 43.5 Å². The van der Waals surface area contributed by atoms with Crippen LogP contribution >= 0.6 is 23.1 Å². The molecule has 0 atom stereocenters. The van der Waals surface area contributed by atoms with Crippen LogP contribution in [0, 0.1) is 6.92 Å².